The second-order valence-corrected chi connectivity index (χ2v) is 12.5. The van der Waals surface area contributed by atoms with Gasteiger partial charge in [-0.2, -0.15) is 0 Å². The number of carbonyl (C=O) groups excluding carboxylic acids is 1. The number of anilines is 1. The van der Waals surface area contributed by atoms with E-state index in [1.807, 2.05) is 20.8 Å². The van der Waals surface area contributed by atoms with Crippen LogP contribution in [0.5, 0.6) is 0 Å². The quantitative estimate of drug-likeness (QED) is 0.563. The molecule has 0 aromatic carbocycles. The normalized spacial score (nSPS) is 23.2. The number of carboxylic acids is 1. The summed E-state index contributed by atoms with van der Waals surface area (Å²) in [5.41, 5.74) is 0.650. The predicted molar refractivity (Wildman–Crippen MR) is 135 cm³/mol. The van der Waals surface area contributed by atoms with Gasteiger partial charge in [0.1, 0.15) is 11.4 Å². The Morgan fingerprint density at radius 3 is 2.35 bits per heavy atom. The topological polar surface area (TPSA) is 83.0 Å². The van der Waals surface area contributed by atoms with Crippen molar-refractivity contribution < 1.29 is 19.4 Å². The van der Waals surface area contributed by atoms with Crippen LogP contribution in [0.25, 0.3) is 6.08 Å². The smallest absolute Gasteiger partial charge is 0.416 e. The summed E-state index contributed by atoms with van der Waals surface area (Å²) in [6.45, 7) is 16.8. The van der Waals surface area contributed by atoms with Crippen LogP contribution in [-0.4, -0.2) is 57.8 Å². The highest BCUT2D eigenvalue weighted by Gasteiger charge is 2.44. The maximum Gasteiger partial charge on any atom is 0.416 e. The molecule has 1 aliphatic carbocycles. The summed E-state index contributed by atoms with van der Waals surface area (Å²) in [6, 6.07) is 4.01. The van der Waals surface area contributed by atoms with Crippen molar-refractivity contribution in [3.05, 3.63) is 30.0 Å². The number of amides is 1. The minimum atomic E-state index is -1.01. The zero-order chi connectivity index (χ0) is 25.3. The molecule has 188 valence electrons. The van der Waals surface area contributed by atoms with E-state index in [9.17, 15) is 9.59 Å². The molecule has 1 aromatic rings. The van der Waals surface area contributed by atoms with Crippen LogP contribution in [0.4, 0.5) is 10.6 Å². The molecule has 1 N–H and O–H groups in total. The van der Waals surface area contributed by atoms with E-state index in [0.29, 0.717) is 28.3 Å². The molecule has 2 fully saturated rings. The number of hydrogen-bond donors (Lipinski definition) is 1. The van der Waals surface area contributed by atoms with E-state index in [2.05, 4.69) is 37.6 Å². The van der Waals surface area contributed by atoms with Gasteiger partial charge in [0.2, 0.25) is 0 Å². The molecule has 2 heterocycles. The molecule has 1 saturated heterocycles. The average molecular weight is 472 g/mol. The standard InChI is InChI=1S/C27H41N3O4/c1-25(2,3)34-24(33)30(22-10-8-19(16-28-22)9-11-23(31)32)20-12-13-29(17-20)21-14-26(4,5)18-27(6,7)15-21/h8-11,16,20-21H,12-15,17-18H2,1-7H3,(H,31,32)/b11-9+/t20-/m1/s1. The predicted octanol–water partition coefficient (Wildman–Crippen LogP) is 5.60. The van der Waals surface area contributed by atoms with Gasteiger partial charge in [0, 0.05) is 31.4 Å². The molecule has 1 amide bonds. The lowest BCUT2D eigenvalue weighted by atomic mass is 9.63. The number of ether oxygens (including phenoxy) is 1. The van der Waals surface area contributed by atoms with Gasteiger partial charge in [0.25, 0.3) is 0 Å². The van der Waals surface area contributed by atoms with Crippen LogP contribution in [0.2, 0.25) is 0 Å². The second-order valence-electron chi connectivity index (χ2n) is 12.5. The van der Waals surface area contributed by atoms with Crippen molar-refractivity contribution in [3.8, 4) is 0 Å². The van der Waals surface area contributed by atoms with E-state index in [-0.39, 0.29) is 6.04 Å². The maximum atomic E-state index is 13.3. The van der Waals surface area contributed by atoms with Crippen molar-refractivity contribution in [1.29, 1.82) is 0 Å². The van der Waals surface area contributed by atoms with E-state index in [4.69, 9.17) is 9.84 Å². The van der Waals surface area contributed by atoms with Crippen molar-refractivity contribution in [1.82, 2.24) is 9.88 Å². The van der Waals surface area contributed by atoms with Crippen molar-refractivity contribution in [3.63, 3.8) is 0 Å². The van der Waals surface area contributed by atoms with Gasteiger partial charge in [-0.05, 0) is 81.1 Å². The summed E-state index contributed by atoms with van der Waals surface area (Å²) >= 11 is 0. The minimum Gasteiger partial charge on any atom is -0.478 e. The lowest BCUT2D eigenvalue weighted by Crippen LogP contribution is -2.48. The van der Waals surface area contributed by atoms with Gasteiger partial charge in [-0.15, -0.1) is 0 Å². The van der Waals surface area contributed by atoms with E-state index in [1.54, 1.807) is 23.2 Å². The summed E-state index contributed by atoms with van der Waals surface area (Å²) in [4.78, 5) is 32.8. The number of pyridine rings is 1. The molecule has 34 heavy (non-hydrogen) atoms. The lowest BCUT2D eigenvalue weighted by Gasteiger charge is -2.48. The number of nitrogens with zero attached hydrogens (tertiary/aromatic N) is 3. The SMILES string of the molecule is CC1(C)CC(N2CC[C@@H](N(C(=O)OC(C)(C)C)c3ccc(/C=C/C(=O)O)cn3)C2)CC(C)(C)C1. The molecule has 1 aromatic heterocycles. The van der Waals surface area contributed by atoms with Gasteiger partial charge < -0.3 is 9.84 Å². The number of aliphatic carboxylic acids is 1. The molecule has 1 aliphatic heterocycles. The van der Waals surface area contributed by atoms with E-state index in [0.717, 1.165) is 25.6 Å². The maximum absolute atomic E-state index is 13.3. The van der Waals surface area contributed by atoms with Gasteiger partial charge in [-0.3, -0.25) is 9.80 Å². The van der Waals surface area contributed by atoms with Crippen molar-refractivity contribution >= 4 is 24.0 Å². The van der Waals surface area contributed by atoms with Crippen molar-refractivity contribution in [2.24, 2.45) is 10.8 Å². The fourth-order valence-corrected chi connectivity index (χ4v) is 5.90. The first kappa shape index (κ1) is 26.2. The number of carbonyl (C=O) groups is 2. The Kier molecular flexibility index (Phi) is 7.46. The van der Waals surface area contributed by atoms with Crippen molar-refractivity contribution in [2.75, 3.05) is 18.0 Å². The van der Waals surface area contributed by atoms with Gasteiger partial charge in [-0.25, -0.2) is 14.6 Å². The third-order valence-electron chi connectivity index (χ3n) is 6.64. The zero-order valence-corrected chi connectivity index (χ0v) is 21.8. The summed E-state index contributed by atoms with van der Waals surface area (Å²) in [5, 5.41) is 8.86. The van der Waals surface area contributed by atoms with E-state index in [1.165, 1.54) is 25.3 Å². The highest BCUT2D eigenvalue weighted by atomic mass is 16.6. The monoisotopic (exact) mass is 471 g/mol. The molecule has 1 saturated carbocycles. The highest BCUT2D eigenvalue weighted by molar-refractivity contribution is 5.88. The van der Waals surface area contributed by atoms with Crippen LogP contribution in [0, 0.1) is 10.8 Å². The number of likely N-dealkylation sites (tertiary alicyclic amines) is 1. The third kappa shape index (κ3) is 7.05. The molecular weight excluding hydrogens is 430 g/mol. The molecule has 1 atom stereocenters. The fraction of sp³-hybridized carbons (Fsp3) is 0.667. The Hall–Kier alpha value is -2.41. The Bertz CT molecular complexity index is 899. The zero-order valence-electron chi connectivity index (χ0n) is 21.8. The van der Waals surface area contributed by atoms with Crippen LogP contribution in [0.1, 0.15) is 79.7 Å². The number of carboxylic acid groups (broad SMARTS) is 1. The Morgan fingerprint density at radius 2 is 1.82 bits per heavy atom. The van der Waals surface area contributed by atoms with Gasteiger partial charge >= 0.3 is 12.1 Å². The molecule has 0 unspecified atom stereocenters. The van der Waals surface area contributed by atoms with Crippen LogP contribution < -0.4 is 4.90 Å². The molecule has 3 rings (SSSR count). The molecule has 7 nitrogen and oxygen atoms in total. The first-order valence-electron chi connectivity index (χ1n) is 12.3. The molecule has 0 bridgehead atoms. The molecule has 7 heteroatoms. The summed E-state index contributed by atoms with van der Waals surface area (Å²) < 4.78 is 5.76. The van der Waals surface area contributed by atoms with Crippen LogP contribution in [-0.2, 0) is 9.53 Å². The minimum absolute atomic E-state index is 0.0316. The first-order valence-corrected chi connectivity index (χ1v) is 12.3. The van der Waals surface area contributed by atoms with Crippen LogP contribution in [0.3, 0.4) is 0 Å². The van der Waals surface area contributed by atoms with Gasteiger partial charge in [0.15, 0.2) is 0 Å². The second kappa shape index (κ2) is 9.68. The van der Waals surface area contributed by atoms with Crippen molar-refractivity contribution in [2.45, 2.75) is 91.8 Å². The fourth-order valence-electron chi connectivity index (χ4n) is 5.90. The van der Waals surface area contributed by atoms with Gasteiger partial charge in [-0.1, -0.05) is 27.7 Å². The molecule has 0 spiro atoms. The molecule has 2 aliphatic rings. The van der Waals surface area contributed by atoms with E-state index >= 15 is 0 Å². The Morgan fingerprint density at radius 1 is 1.18 bits per heavy atom. The summed E-state index contributed by atoms with van der Waals surface area (Å²) in [6.07, 6.45) is 8.17. The highest BCUT2D eigenvalue weighted by Crippen LogP contribution is 2.47. The Balaban J connectivity index is 1.82. The first-order chi connectivity index (χ1) is 15.6. The summed E-state index contributed by atoms with van der Waals surface area (Å²) in [5.74, 6) is -0.488. The summed E-state index contributed by atoms with van der Waals surface area (Å²) in [7, 11) is 0. The average Bonchev–Trinajstić information content (AvgIpc) is 3.13. The van der Waals surface area contributed by atoms with E-state index < -0.39 is 17.7 Å². The molecular formula is C27H41N3O4. The lowest BCUT2D eigenvalue weighted by molar-refractivity contribution is -0.131. The number of aromatic nitrogens is 1. The third-order valence-corrected chi connectivity index (χ3v) is 6.64. The Labute approximate surface area is 204 Å². The number of hydrogen-bond acceptors (Lipinski definition) is 5. The van der Waals surface area contributed by atoms with Crippen LogP contribution >= 0.6 is 0 Å². The largest absolute Gasteiger partial charge is 0.478 e. The van der Waals surface area contributed by atoms with Gasteiger partial charge in [0.05, 0.1) is 6.04 Å². The van der Waals surface area contributed by atoms with Crippen LogP contribution in [0.15, 0.2) is 24.4 Å². The molecule has 0 radical (unpaired) electrons. The number of rotatable bonds is 5.